The van der Waals surface area contributed by atoms with Crippen LogP contribution in [0.4, 0.5) is 0 Å². The summed E-state index contributed by atoms with van der Waals surface area (Å²) in [5.74, 6) is 0.705. The van der Waals surface area contributed by atoms with E-state index in [4.69, 9.17) is 9.97 Å². The Kier molecular flexibility index (Phi) is 7.06. The molecule has 0 unspecified atom stereocenters. The molecule has 4 heterocycles. The van der Waals surface area contributed by atoms with Crippen molar-refractivity contribution < 1.29 is 0 Å². The number of nitrogens with zero attached hydrogens (tertiary/aromatic N) is 4. The van der Waals surface area contributed by atoms with Gasteiger partial charge in [0, 0.05) is 69.8 Å². The molecule has 0 atom stereocenters. The van der Waals surface area contributed by atoms with Crippen LogP contribution in [0, 0.1) is 0 Å². The third-order valence-electron chi connectivity index (χ3n) is 11.3. The maximum absolute atomic E-state index is 5.08. The highest BCUT2D eigenvalue weighted by molar-refractivity contribution is 7.26. The second kappa shape index (κ2) is 12.6. The molecule has 0 bridgehead atoms. The lowest BCUT2D eigenvalue weighted by molar-refractivity contribution is 1.16. The number of hydrogen-bond donors (Lipinski definition) is 0. The van der Waals surface area contributed by atoms with Gasteiger partial charge in [0.1, 0.15) is 0 Å². The van der Waals surface area contributed by atoms with Crippen molar-refractivity contribution in [3.8, 4) is 45.3 Å². The lowest BCUT2D eigenvalue weighted by atomic mass is 10.1. The molecule has 5 heteroatoms. The summed E-state index contributed by atoms with van der Waals surface area (Å²) < 4.78 is 7.42. The van der Waals surface area contributed by atoms with E-state index >= 15 is 0 Å². The minimum absolute atomic E-state index is 0.705. The standard InChI is InChI=1S/C52H32N4S/c1-4-14-33(15-5-1)43-31-44(34-16-6-2-7-17-34)54-52(53-43)35-24-26-37(27-25-35)55-46-23-13-11-21-40(46)50-47(55)29-28-39-42-30-41-38-20-10-12-22-45(38)56(36-18-8-3-9-19-36)48(41)32-49(42)57-51(39)50/h1-32H. The van der Waals surface area contributed by atoms with E-state index in [-0.39, 0.29) is 0 Å². The number of thiophene rings is 1. The molecule has 12 aromatic rings. The number of rotatable bonds is 5. The molecule has 12 rings (SSSR count). The maximum atomic E-state index is 5.08. The van der Waals surface area contributed by atoms with Crippen LogP contribution < -0.4 is 0 Å². The van der Waals surface area contributed by atoms with Gasteiger partial charge in [-0.25, -0.2) is 9.97 Å². The first kappa shape index (κ1) is 32.0. The summed E-state index contributed by atoms with van der Waals surface area (Å²) in [5, 5.41) is 7.69. The third kappa shape index (κ3) is 4.99. The first-order chi connectivity index (χ1) is 28.3. The fourth-order valence-electron chi connectivity index (χ4n) is 8.73. The van der Waals surface area contributed by atoms with Gasteiger partial charge in [0.15, 0.2) is 5.82 Å². The fourth-order valence-corrected chi connectivity index (χ4v) is 10.0. The monoisotopic (exact) mass is 744 g/mol. The summed E-state index contributed by atoms with van der Waals surface area (Å²) in [4.78, 5) is 10.2. The zero-order valence-electron chi connectivity index (χ0n) is 30.7. The van der Waals surface area contributed by atoms with Crippen molar-refractivity contribution in [2.24, 2.45) is 0 Å². The Labute approximate surface area is 332 Å². The Bertz CT molecular complexity index is 3430. The zero-order valence-corrected chi connectivity index (χ0v) is 31.5. The van der Waals surface area contributed by atoms with E-state index in [9.17, 15) is 0 Å². The molecule has 4 nitrogen and oxygen atoms in total. The lowest BCUT2D eigenvalue weighted by Gasteiger charge is -2.11. The molecule has 0 aliphatic rings. The molecule has 0 spiro atoms. The first-order valence-corrected chi connectivity index (χ1v) is 20.1. The second-order valence-corrected chi connectivity index (χ2v) is 15.6. The van der Waals surface area contributed by atoms with Crippen molar-refractivity contribution in [2.45, 2.75) is 0 Å². The summed E-state index contributed by atoms with van der Waals surface area (Å²) in [6.07, 6.45) is 0. The SMILES string of the molecule is c1ccc(-c2cc(-c3ccccc3)nc(-c3ccc(-n4c5ccccc5c5c6sc7cc8c(cc7c6ccc54)c4ccccc4n8-c4ccccc4)cc3)n2)cc1. The zero-order chi connectivity index (χ0) is 37.5. The van der Waals surface area contributed by atoms with Crippen LogP contribution in [0.5, 0.6) is 0 Å². The summed E-state index contributed by atoms with van der Waals surface area (Å²) in [5.41, 5.74) is 12.0. The first-order valence-electron chi connectivity index (χ1n) is 19.2. The molecule has 0 aliphatic heterocycles. The molecule has 0 radical (unpaired) electrons. The Morgan fingerprint density at radius 2 is 0.912 bits per heavy atom. The maximum Gasteiger partial charge on any atom is 0.160 e. The van der Waals surface area contributed by atoms with Gasteiger partial charge in [-0.15, -0.1) is 11.3 Å². The van der Waals surface area contributed by atoms with Crippen LogP contribution in [-0.4, -0.2) is 19.1 Å². The van der Waals surface area contributed by atoms with Gasteiger partial charge in [0.25, 0.3) is 0 Å². The smallest absolute Gasteiger partial charge is 0.160 e. The summed E-state index contributed by atoms with van der Waals surface area (Å²) in [6.45, 7) is 0. The average molecular weight is 745 g/mol. The lowest BCUT2D eigenvalue weighted by Crippen LogP contribution is -1.97. The van der Waals surface area contributed by atoms with Crippen molar-refractivity contribution in [2.75, 3.05) is 0 Å². The Morgan fingerprint density at radius 1 is 0.351 bits per heavy atom. The van der Waals surface area contributed by atoms with Crippen LogP contribution in [0.2, 0.25) is 0 Å². The van der Waals surface area contributed by atoms with Gasteiger partial charge in [0.05, 0.1) is 33.5 Å². The topological polar surface area (TPSA) is 35.6 Å². The van der Waals surface area contributed by atoms with Crippen LogP contribution >= 0.6 is 11.3 Å². The fraction of sp³-hybridized carbons (Fsp3) is 0. The van der Waals surface area contributed by atoms with E-state index in [2.05, 4.69) is 191 Å². The molecular weight excluding hydrogens is 713 g/mol. The number of aromatic nitrogens is 4. The largest absolute Gasteiger partial charge is 0.309 e. The van der Waals surface area contributed by atoms with E-state index < -0.39 is 0 Å². The summed E-state index contributed by atoms with van der Waals surface area (Å²) >= 11 is 1.90. The summed E-state index contributed by atoms with van der Waals surface area (Å²) in [6, 6.07) is 69.3. The van der Waals surface area contributed by atoms with E-state index in [0.717, 1.165) is 33.8 Å². The van der Waals surface area contributed by atoms with Crippen molar-refractivity contribution >= 4 is 75.1 Å². The van der Waals surface area contributed by atoms with Gasteiger partial charge in [0.2, 0.25) is 0 Å². The van der Waals surface area contributed by atoms with Crippen LogP contribution in [0.3, 0.4) is 0 Å². The van der Waals surface area contributed by atoms with E-state index in [1.54, 1.807) is 0 Å². The number of fused-ring (bicyclic) bond motifs is 10. The van der Waals surface area contributed by atoms with Gasteiger partial charge in [-0.1, -0.05) is 121 Å². The van der Waals surface area contributed by atoms with Crippen molar-refractivity contribution in [3.63, 3.8) is 0 Å². The normalized spacial score (nSPS) is 11.9. The van der Waals surface area contributed by atoms with Crippen molar-refractivity contribution in [3.05, 3.63) is 194 Å². The van der Waals surface area contributed by atoms with Crippen LogP contribution in [0.25, 0.3) is 109 Å². The van der Waals surface area contributed by atoms with E-state index in [1.165, 1.54) is 69.5 Å². The van der Waals surface area contributed by atoms with Crippen LogP contribution in [0.15, 0.2) is 194 Å². The summed E-state index contributed by atoms with van der Waals surface area (Å²) in [7, 11) is 0. The molecule has 0 fully saturated rings. The van der Waals surface area contributed by atoms with E-state index in [0.29, 0.717) is 5.82 Å². The molecule has 8 aromatic carbocycles. The quantitative estimate of drug-likeness (QED) is 0.176. The van der Waals surface area contributed by atoms with Gasteiger partial charge in [-0.2, -0.15) is 0 Å². The van der Waals surface area contributed by atoms with Crippen LogP contribution in [0.1, 0.15) is 0 Å². The van der Waals surface area contributed by atoms with Gasteiger partial charge in [-0.05, 0) is 72.8 Å². The van der Waals surface area contributed by atoms with Gasteiger partial charge < -0.3 is 9.13 Å². The molecule has 0 saturated heterocycles. The van der Waals surface area contributed by atoms with E-state index in [1.807, 2.05) is 23.5 Å². The average Bonchev–Trinajstić information content (AvgIpc) is 3.93. The predicted molar refractivity (Wildman–Crippen MR) is 240 cm³/mol. The third-order valence-corrected chi connectivity index (χ3v) is 12.5. The number of para-hydroxylation sites is 3. The second-order valence-electron chi connectivity index (χ2n) is 14.6. The molecule has 0 amide bonds. The minimum atomic E-state index is 0.705. The molecule has 57 heavy (non-hydrogen) atoms. The van der Waals surface area contributed by atoms with Gasteiger partial charge in [-0.3, -0.25) is 0 Å². The highest BCUT2D eigenvalue weighted by Gasteiger charge is 2.20. The Balaban J connectivity index is 1.03. The molecule has 0 N–H and O–H groups in total. The van der Waals surface area contributed by atoms with Gasteiger partial charge >= 0.3 is 0 Å². The van der Waals surface area contributed by atoms with Crippen LogP contribution in [-0.2, 0) is 0 Å². The Morgan fingerprint density at radius 3 is 1.60 bits per heavy atom. The molecule has 0 aliphatic carbocycles. The van der Waals surface area contributed by atoms with Crippen molar-refractivity contribution in [1.29, 1.82) is 0 Å². The number of benzene rings is 8. The Hall–Kier alpha value is -7.34. The van der Waals surface area contributed by atoms with Crippen molar-refractivity contribution in [1.82, 2.24) is 19.1 Å². The molecule has 266 valence electrons. The predicted octanol–water partition coefficient (Wildman–Crippen LogP) is 14.0. The molecule has 0 saturated carbocycles. The highest BCUT2D eigenvalue weighted by atomic mass is 32.1. The molecule has 4 aromatic heterocycles. The highest BCUT2D eigenvalue weighted by Crippen LogP contribution is 2.46. The molecular formula is C52H32N4S. The minimum Gasteiger partial charge on any atom is -0.309 e. The number of hydrogen-bond acceptors (Lipinski definition) is 3.